The second-order valence-electron chi connectivity index (χ2n) is 10.3. The zero-order valence-corrected chi connectivity index (χ0v) is 24.1. The average molecular weight is 523 g/mol. The molecule has 2 aliphatic carbocycles. The van der Waals surface area contributed by atoms with Crippen LogP contribution in [0.25, 0.3) is 16.6 Å². The van der Waals surface area contributed by atoms with Gasteiger partial charge < -0.3 is 10.7 Å². The largest absolute Gasteiger partial charge is 0.353 e. The minimum atomic E-state index is -0.117. The minimum Gasteiger partial charge on any atom is -0.353 e. The standard InChI is InChI=1S/C26H31ClN4O.C3H6.C2H6/c1-4-16(2)23(29-3)26(14-25(15-26)8-9-25)17-6-5-7-19(10-17)31-13-21(27)20-11-18(12-28)30-22(20)24(31)32;1-3-2;1-2/h5-7,10-11,13,16,30H,4,8-9,12,14-15,28H2,1-3H3;3H,1H2,2H3;1-2H3. The number of nitrogens with zero attached hydrogens (tertiary/aromatic N) is 2. The summed E-state index contributed by atoms with van der Waals surface area (Å²) in [4.78, 5) is 21.3. The number of benzene rings is 1. The van der Waals surface area contributed by atoms with Gasteiger partial charge in [0.25, 0.3) is 5.56 Å². The highest BCUT2D eigenvalue weighted by molar-refractivity contribution is 6.35. The molecule has 2 aromatic heterocycles. The van der Waals surface area contributed by atoms with Crippen molar-refractivity contribution in [2.24, 2.45) is 22.1 Å². The highest BCUT2D eigenvalue weighted by Gasteiger charge is 2.63. The van der Waals surface area contributed by atoms with Crippen LogP contribution in [-0.4, -0.2) is 22.3 Å². The Morgan fingerprint density at radius 3 is 2.49 bits per heavy atom. The van der Waals surface area contributed by atoms with Gasteiger partial charge in [-0.3, -0.25) is 14.4 Å². The van der Waals surface area contributed by atoms with E-state index in [1.807, 2.05) is 40.0 Å². The molecule has 0 amide bonds. The molecule has 5 nitrogen and oxygen atoms in total. The van der Waals surface area contributed by atoms with Gasteiger partial charge in [0.05, 0.1) is 5.02 Å². The van der Waals surface area contributed by atoms with Crippen molar-refractivity contribution in [3.05, 3.63) is 75.8 Å². The van der Waals surface area contributed by atoms with Gasteiger partial charge in [0.15, 0.2) is 0 Å². The summed E-state index contributed by atoms with van der Waals surface area (Å²) in [5, 5.41) is 1.25. The smallest absolute Gasteiger partial charge is 0.279 e. The van der Waals surface area contributed by atoms with E-state index in [-0.39, 0.29) is 11.0 Å². The molecule has 1 aromatic carbocycles. The lowest BCUT2D eigenvalue weighted by atomic mass is 9.52. The maximum Gasteiger partial charge on any atom is 0.279 e. The molecule has 2 aliphatic rings. The summed E-state index contributed by atoms with van der Waals surface area (Å²) >= 11 is 6.56. The predicted molar refractivity (Wildman–Crippen MR) is 159 cm³/mol. The Labute approximate surface area is 226 Å². The van der Waals surface area contributed by atoms with Crippen molar-refractivity contribution < 1.29 is 0 Å². The van der Waals surface area contributed by atoms with E-state index >= 15 is 0 Å². The Morgan fingerprint density at radius 2 is 1.95 bits per heavy atom. The van der Waals surface area contributed by atoms with Crippen LogP contribution in [0.3, 0.4) is 0 Å². The van der Waals surface area contributed by atoms with Crippen molar-refractivity contribution in [1.82, 2.24) is 9.55 Å². The molecule has 1 spiro atoms. The molecular formula is C31H43ClN4O. The molecule has 1 unspecified atom stereocenters. The van der Waals surface area contributed by atoms with Crippen molar-refractivity contribution in [1.29, 1.82) is 0 Å². The number of fused-ring (bicyclic) bond motifs is 1. The molecule has 200 valence electrons. The van der Waals surface area contributed by atoms with Crippen LogP contribution in [0.5, 0.6) is 0 Å². The molecule has 0 saturated heterocycles. The topological polar surface area (TPSA) is 76.2 Å². The monoisotopic (exact) mass is 522 g/mol. The number of rotatable bonds is 6. The maximum atomic E-state index is 13.3. The number of allylic oxidation sites excluding steroid dienone is 1. The van der Waals surface area contributed by atoms with Crippen LogP contribution in [0.4, 0.5) is 0 Å². The van der Waals surface area contributed by atoms with E-state index in [0.717, 1.165) is 30.6 Å². The molecule has 0 aliphatic heterocycles. The molecule has 6 heteroatoms. The number of aliphatic imine (C=N–C) groups is 1. The second kappa shape index (κ2) is 11.8. The number of aromatic nitrogens is 2. The van der Waals surface area contributed by atoms with Crippen molar-refractivity contribution in [3.63, 3.8) is 0 Å². The number of pyridine rings is 1. The molecular weight excluding hydrogens is 480 g/mol. The Balaban J connectivity index is 0.000000711. The fourth-order valence-electron chi connectivity index (χ4n) is 5.88. The van der Waals surface area contributed by atoms with Gasteiger partial charge in [-0.05, 0) is 74.1 Å². The molecule has 3 aromatic rings. The summed E-state index contributed by atoms with van der Waals surface area (Å²) in [6.07, 6.45) is 9.52. The summed E-state index contributed by atoms with van der Waals surface area (Å²) in [6, 6.07) is 10.3. The highest BCUT2D eigenvalue weighted by Crippen LogP contribution is 2.69. The van der Waals surface area contributed by atoms with Gasteiger partial charge in [-0.25, -0.2) is 0 Å². The van der Waals surface area contributed by atoms with E-state index in [1.165, 1.54) is 24.1 Å². The van der Waals surface area contributed by atoms with Crippen molar-refractivity contribution in [2.75, 3.05) is 7.05 Å². The number of halogens is 1. The fourth-order valence-corrected chi connectivity index (χ4v) is 6.12. The maximum absolute atomic E-state index is 13.3. The summed E-state index contributed by atoms with van der Waals surface area (Å²) in [5.74, 6) is 0.432. The van der Waals surface area contributed by atoms with Crippen LogP contribution in [0.1, 0.15) is 78.0 Å². The summed E-state index contributed by atoms with van der Waals surface area (Å²) < 4.78 is 1.65. The van der Waals surface area contributed by atoms with E-state index in [0.29, 0.717) is 33.8 Å². The third-order valence-corrected chi connectivity index (χ3v) is 8.12. The summed E-state index contributed by atoms with van der Waals surface area (Å²) in [6.45, 7) is 14.1. The van der Waals surface area contributed by atoms with Gasteiger partial charge in [-0.15, -0.1) is 6.58 Å². The van der Waals surface area contributed by atoms with Gasteiger partial charge in [-0.2, -0.15) is 0 Å². The lowest BCUT2D eigenvalue weighted by Gasteiger charge is -2.51. The minimum absolute atomic E-state index is 0.0344. The first-order chi connectivity index (χ1) is 17.8. The molecule has 1 atom stereocenters. The van der Waals surface area contributed by atoms with E-state index < -0.39 is 0 Å². The third-order valence-electron chi connectivity index (χ3n) is 7.82. The van der Waals surface area contributed by atoms with Gasteiger partial charge in [0.1, 0.15) is 5.52 Å². The van der Waals surface area contributed by atoms with Crippen LogP contribution < -0.4 is 11.3 Å². The molecule has 5 rings (SSSR count). The molecule has 0 radical (unpaired) electrons. The number of nitrogens with two attached hydrogens (primary N) is 1. The number of aromatic amines is 1. The first-order valence-corrected chi connectivity index (χ1v) is 13.9. The van der Waals surface area contributed by atoms with Gasteiger partial charge in [0, 0.05) is 47.7 Å². The molecule has 2 fully saturated rings. The molecule has 37 heavy (non-hydrogen) atoms. The summed E-state index contributed by atoms with van der Waals surface area (Å²) in [7, 11) is 1.93. The Hall–Kier alpha value is -2.63. The van der Waals surface area contributed by atoms with E-state index in [1.54, 1.807) is 16.8 Å². The Bertz CT molecular complexity index is 1320. The van der Waals surface area contributed by atoms with Crippen LogP contribution in [0.2, 0.25) is 5.02 Å². The van der Waals surface area contributed by atoms with Crippen molar-refractivity contribution in [2.45, 2.75) is 78.7 Å². The Morgan fingerprint density at radius 1 is 1.30 bits per heavy atom. The third kappa shape index (κ3) is 5.35. The molecule has 2 heterocycles. The number of H-pyrrole nitrogens is 1. The highest BCUT2D eigenvalue weighted by atomic mass is 35.5. The average Bonchev–Trinajstić information content (AvgIpc) is 3.56. The zero-order chi connectivity index (χ0) is 27.4. The second-order valence-corrected chi connectivity index (χ2v) is 10.7. The van der Waals surface area contributed by atoms with E-state index in [2.05, 4.69) is 43.6 Å². The van der Waals surface area contributed by atoms with Crippen LogP contribution in [-0.2, 0) is 12.0 Å². The number of nitrogens with one attached hydrogen (secondary N) is 1. The number of hydrogen-bond acceptors (Lipinski definition) is 3. The van der Waals surface area contributed by atoms with Gasteiger partial charge >= 0.3 is 0 Å². The van der Waals surface area contributed by atoms with E-state index in [9.17, 15) is 4.79 Å². The molecule has 3 N–H and O–H groups in total. The first-order valence-electron chi connectivity index (χ1n) is 13.6. The van der Waals surface area contributed by atoms with Gasteiger partial charge in [0.2, 0.25) is 0 Å². The van der Waals surface area contributed by atoms with E-state index in [4.69, 9.17) is 22.3 Å². The first kappa shape index (κ1) is 28.9. The normalized spacial score (nSPS) is 17.7. The van der Waals surface area contributed by atoms with Crippen LogP contribution in [0, 0.1) is 11.3 Å². The number of hydrogen-bond donors (Lipinski definition) is 2. The Kier molecular flexibility index (Phi) is 9.25. The SMILES string of the molecule is C=CC.CC.CCC(C)C(=NC)C1(c2cccc(-n3cc(Cl)c4cc(CN)[nH]c4c3=O)c2)CC2(CC2)C1. The lowest BCUT2D eigenvalue weighted by molar-refractivity contribution is 0.178. The molecule has 2 saturated carbocycles. The van der Waals surface area contributed by atoms with Crippen molar-refractivity contribution >= 4 is 28.2 Å². The molecule has 0 bridgehead atoms. The van der Waals surface area contributed by atoms with Crippen LogP contribution in [0.15, 0.2) is 59.0 Å². The predicted octanol–water partition coefficient (Wildman–Crippen LogP) is 7.58. The van der Waals surface area contributed by atoms with Gasteiger partial charge in [-0.1, -0.05) is 57.5 Å². The quantitative estimate of drug-likeness (QED) is 0.258. The van der Waals surface area contributed by atoms with Crippen LogP contribution >= 0.6 is 11.6 Å². The fraction of sp³-hybridized carbons (Fsp3) is 0.484. The summed E-state index contributed by atoms with van der Waals surface area (Å²) in [5.41, 5.74) is 10.8. The van der Waals surface area contributed by atoms with Crippen molar-refractivity contribution in [3.8, 4) is 5.69 Å². The zero-order valence-electron chi connectivity index (χ0n) is 23.3. The lowest BCUT2D eigenvalue weighted by Crippen LogP contribution is -2.51.